The van der Waals surface area contributed by atoms with Crippen molar-refractivity contribution in [3.8, 4) is 0 Å². The molecule has 3 heteroatoms. The van der Waals surface area contributed by atoms with Crippen LogP contribution in [-0.2, 0) is 0 Å². The van der Waals surface area contributed by atoms with Crippen molar-refractivity contribution in [2.45, 2.75) is 0 Å². The van der Waals surface area contributed by atoms with Gasteiger partial charge in [-0.1, -0.05) is 0 Å². The van der Waals surface area contributed by atoms with Crippen molar-refractivity contribution in [2.24, 2.45) is 0 Å². The average molecular weight is 460 g/mol. The zero-order valence-corrected chi connectivity index (χ0v) is 19.5. The zero-order valence-electron chi connectivity index (χ0n) is 11.5. The third-order valence-electron chi connectivity index (χ3n) is 1.78. The van der Waals surface area contributed by atoms with Crippen LogP contribution in [0.4, 0.5) is 0 Å². The Morgan fingerprint density at radius 1 is 0.211 bits per heavy atom. The second kappa shape index (κ2) is 25.0. The Kier molecular flexibility index (Phi) is 37.7. The predicted octanol–water partition coefficient (Wildman–Crippen LogP) is -2.72. The van der Waals surface area contributed by atoms with E-state index in [1.807, 2.05) is 103 Å². The van der Waals surface area contributed by atoms with E-state index in [0.29, 0.717) is 0 Å². The fraction of sp³-hybridized carbons (Fsp3) is 0. The topological polar surface area (TPSA) is 0 Å². The third kappa shape index (κ3) is 22.8. The van der Waals surface area contributed by atoms with Gasteiger partial charge in [-0.2, -0.15) is 0 Å². The monoisotopic (exact) mass is 460 g/mol. The van der Waals surface area contributed by atoms with E-state index in [9.17, 15) is 0 Å². The summed E-state index contributed by atoms with van der Waals surface area (Å²) in [5, 5.41) is 0. The van der Waals surface area contributed by atoms with Gasteiger partial charge in [0.15, 0.2) is 0 Å². The number of hydrogen-bond acceptors (Lipinski definition) is 0. The molecule has 2 fully saturated rings. The fourth-order valence-corrected chi connectivity index (χ4v) is 1.03. The minimum Gasteiger partial charge on any atom is -0.0312 e. The molecule has 19 heavy (non-hydrogen) atoms. The van der Waals surface area contributed by atoms with Gasteiger partial charge in [0.1, 0.15) is 0 Å². The van der Waals surface area contributed by atoms with E-state index in [1.165, 1.54) is 0 Å². The van der Waals surface area contributed by atoms with Crippen LogP contribution in [0.25, 0.3) is 0 Å². The standard InChI is InChI=1S/2C8H8.2K.Yb/c2*1-2-4-6-8-7-5-3-1;;;/h2*1-8H;;;/q;;2*+1;. The van der Waals surface area contributed by atoms with Crippen LogP contribution in [0.5, 0.6) is 0 Å². The molecule has 0 heterocycles. The summed E-state index contributed by atoms with van der Waals surface area (Å²) in [4.78, 5) is 0. The van der Waals surface area contributed by atoms with Crippen molar-refractivity contribution in [3.63, 3.8) is 0 Å². The second-order valence-electron chi connectivity index (χ2n) is 3.08. The molecular formula is C16H16K2Yb+2. The summed E-state index contributed by atoms with van der Waals surface area (Å²) in [6, 6.07) is 0. The van der Waals surface area contributed by atoms with Crippen LogP contribution in [-0.4, -0.2) is 0 Å². The summed E-state index contributed by atoms with van der Waals surface area (Å²) in [5.41, 5.74) is 0. The quantitative estimate of drug-likeness (QED) is 0.346. The third-order valence-corrected chi connectivity index (χ3v) is 1.78. The number of rotatable bonds is 0. The first kappa shape index (κ1) is 28.6. The predicted molar refractivity (Wildman–Crippen MR) is 68.8 cm³/mol. The van der Waals surface area contributed by atoms with Crippen LogP contribution in [0.1, 0.15) is 0 Å². The molecule has 0 saturated heterocycles. The van der Waals surface area contributed by atoms with Crippen LogP contribution >= 0.6 is 0 Å². The molecule has 0 N–H and O–H groups in total. The maximum atomic E-state index is 2.00. The molecule has 2 saturated carbocycles. The molecule has 94 valence electrons. The van der Waals surface area contributed by atoms with E-state index in [0.717, 1.165) is 0 Å². The summed E-state index contributed by atoms with van der Waals surface area (Å²) in [7, 11) is 0. The molecule has 2 rings (SSSR count). The summed E-state index contributed by atoms with van der Waals surface area (Å²) in [5.74, 6) is 0. The van der Waals surface area contributed by atoms with Crippen molar-refractivity contribution >= 4 is 0 Å². The molecule has 0 amide bonds. The maximum Gasteiger partial charge on any atom is 1.00 e. The minimum absolute atomic E-state index is 0. The maximum absolute atomic E-state index is 2.00. The Morgan fingerprint density at radius 3 is 0.316 bits per heavy atom. The molecule has 2 aliphatic carbocycles. The van der Waals surface area contributed by atoms with E-state index in [-0.39, 0.29) is 150 Å². The molecule has 0 aromatic heterocycles. The van der Waals surface area contributed by atoms with Crippen LogP contribution in [0.3, 0.4) is 0 Å². The Morgan fingerprint density at radius 2 is 0.263 bits per heavy atom. The minimum atomic E-state index is 0. The van der Waals surface area contributed by atoms with E-state index < -0.39 is 0 Å². The van der Waals surface area contributed by atoms with Gasteiger partial charge in [0.25, 0.3) is 0 Å². The van der Waals surface area contributed by atoms with Gasteiger partial charge in [-0.15, -0.1) is 0 Å². The average Bonchev–Trinajstić information content (AvgIpc) is 2.15. The zero-order chi connectivity index (χ0) is 11.3. The molecule has 0 unspecified atom stereocenters. The molecule has 0 atom stereocenters. The fourth-order valence-electron chi connectivity index (χ4n) is 1.03. The molecular weight excluding hydrogens is 443 g/mol. The SMILES string of the molecule is [CH]1[CH][CH][CH][CH][CH][CH][CH]1.[CH]1[CH][CH][CH][CH][CH][CH][CH]1.[K+].[K+].[Yb]. The van der Waals surface area contributed by atoms with Gasteiger partial charge in [-0.3, -0.25) is 0 Å². The van der Waals surface area contributed by atoms with E-state index in [2.05, 4.69) is 0 Å². The first-order chi connectivity index (χ1) is 8.00. The molecule has 0 bridgehead atoms. The van der Waals surface area contributed by atoms with E-state index in [1.54, 1.807) is 0 Å². The summed E-state index contributed by atoms with van der Waals surface area (Å²) >= 11 is 0. The molecule has 0 spiro atoms. The van der Waals surface area contributed by atoms with Crippen LogP contribution in [0.15, 0.2) is 0 Å². The first-order valence-corrected chi connectivity index (χ1v) is 5.33. The Labute approximate surface area is 246 Å². The summed E-state index contributed by atoms with van der Waals surface area (Å²) < 4.78 is 0. The Bertz CT molecular complexity index is 78.7. The van der Waals surface area contributed by atoms with Gasteiger partial charge in [0, 0.05) is 46.9 Å². The molecule has 0 aromatic carbocycles. The van der Waals surface area contributed by atoms with Gasteiger partial charge >= 0.3 is 103 Å². The van der Waals surface area contributed by atoms with Crippen LogP contribution < -0.4 is 103 Å². The molecule has 0 aromatic rings. The molecule has 16 radical (unpaired) electrons. The second-order valence-corrected chi connectivity index (χ2v) is 3.08. The largest absolute Gasteiger partial charge is 1.00 e. The first-order valence-electron chi connectivity index (χ1n) is 5.33. The van der Waals surface area contributed by atoms with Crippen molar-refractivity contribution < 1.29 is 150 Å². The van der Waals surface area contributed by atoms with E-state index in [4.69, 9.17) is 0 Å². The number of hydrogen-bond donors (Lipinski definition) is 0. The van der Waals surface area contributed by atoms with Gasteiger partial charge < -0.3 is 0 Å². The van der Waals surface area contributed by atoms with E-state index >= 15 is 0 Å². The summed E-state index contributed by atoms with van der Waals surface area (Å²) in [6.45, 7) is 0. The normalized spacial score (nSPS) is 20.2. The molecule has 2 aliphatic rings. The van der Waals surface area contributed by atoms with Gasteiger partial charge in [-0.05, 0) is 103 Å². The van der Waals surface area contributed by atoms with Gasteiger partial charge in [-0.25, -0.2) is 0 Å². The van der Waals surface area contributed by atoms with Crippen LogP contribution in [0, 0.1) is 150 Å². The van der Waals surface area contributed by atoms with Crippen molar-refractivity contribution in [1.82, 2.24) is 0 Å². The Balaban J connectivity index is -0.000000233. The van der Waals surface area contributed by atoms with Gasteiger partial charge in [0.05, 0.1) is 0 Å². The van der Waals surface area contributed by atoms with Gasteiger partial charge in [0.2, 0.25) is 0 Å². The van der Waals surface area contributed by atoms with Crippen molar-refractivity contribution in [2.75, 3.05) is 0 Å². The summed E-state index contributed by atoms with van der Waals surface area (Å²) in [6.07, 6.45) is 32.0. The smallest absolute Gasteiger partial charge is 0.0312 e. The Hall–Kier alpha value is 4.79. The van der Waals surface area contributed by atoms with Crippen molar-refractivity contribution in [3.05, 3.63) is 103 Å². The van der Waals surface area contributed by atoms with Crippen LogP contribution in [0.2, 0.25) is 0 Å². The molecule has 0 aliphatic heterocycles. The van der Waals surface area contributed by atoms with Crippen molar-refractivity contribution in [1.29, 1.82) is 0 Å². The molecule has 0 nitrogen and oxygen atoms in total.